The van der Waals surface area contributed by atoms with Gasteiger partial charge >= 0.3 is 0 Å². The van der Waals surface area contributed by atoms with Crippen LogP contribution in [0, 0.1) is 6.92 Å². The zero-order valence-corrected chi connectivity index (χ0v) is 13.9. The number of hydrogen-bond donors (Lipinski definition) is 1. The highest BCUT2D eigenvalue weighted by Crippen LogP contribution is 2.35. The summed E-state index contributed by atoms with van der Waals surface area (Å²) in [5.41, 5.74) is 0.451. The van der Waals surface area contributed by atoms with Gasteiger partial charge in [-0.05, 0) is 37.1 Å². The third-order valence-electron chi connectivity index (χ3n) is 4.23. The maximum Gasteiger partial charge on any atom is 0.281 e. The predicted molar refractivity (Wildman–Crippen MR) is 89.7 cm³/mol. The first-order chi connectivity index (χ1) is 11.4. The number of pyridine rings is 1. The summed E-state index contributed by atoms with van der Waals surface area (Å²) in [6, 6.07) is 11.2. The van der Waals surface area contributed by atoms with Crippen molar-refractivity contribution >= 4 is 17.6 Å². The van der Waals surface area contributed by atoms with Crippen molar-refractivity contribution in [2.45, 2.75) is 26.0 Å². The average molecular weight is 325 g/mol. The van der Waals surface area contributed by atoms with Crippen LogP contribution in [-0.2, 0) is 16.1 Å². The molecule has 0 radical (unpaired) electrons. The molecular weight excluding hydrogens is 306 g/mol. The average Bonchev–Trinajstić information content (AvgIpc) is 2.59. The number of benzene rings is 1. The maximum atomic E-state index is 12.7. The Morgan fingerprint density at radius 3 is 2.79 bits per heavy atom. The highest BCUT2D eigenvalue weighted by atomic mass is 16.5. The second-order valence-electron chi connectivity index (χ2n) is 5.93. The van der Waals surface area contributed by atoms with E-state index >= 15 is 0 Å². The molecule has 3 rings (SSSR count). The van der Waals surface area contributed by atoms with Crippen molar-refractivity contribution in [3.05, 3.63) is 53.7 Å². The van der Waals surface area contributed by atoms with Gasteiger partial charge in [0.2, 0.25) is 0 Å². The van der Waals surface area contributed by atoms with Crippen LogP contribution in [0.1, 0.15) is 18.1 Å². The van der Waals surface area contributed by atoms with E-state index in [1.54, 1.807) is 25.4 Å². The molecule has 2 amide bonds. The zero-order valence-electron chi connectivity index (χ0n) is 13.9. The third-order valence-corrected chi connectivity index (χ3v) is 4.23. The van der Waals surface area contributed by atoms with E-state index in [1.165, 1.54) is 11.8 Å². The Kier molecular flexibility index (Phi) is 3.97. The fourth-order valence-electron chi connectivity index (χ4n) is 2.69. The van der Waals surface area contributed by atoms with E-state index in [4.69, 9.17) is 4.74 Å². The van der Waals surface area contributed by atoms with Crippen molar-refractivity contribution in [1.82, 2.24) is 10.3 Å². The highest BCUT2D eigenvalue weighted by molar-refractivity contribution is 6.15. The number of nitrogens with zero attached hydrogens (tertiary/aromatic N) is 2. The first-order valence-corrected chi connectivity index (χ1v) is 7.68. The molecule has 6 heteroatoms. The Balaban J connectivity index is 1.81. The standard InChI is InChI=1S/C18H19N3O3/c1-12-7-4-5-8-13(12)11-20-16(22)18(2)17(23)21(3)15-14(24-18)9-6-10-19-15/h4-10H,11H2,1-3H3,(H,20,22)/t18-/m1/s1. The Bertz CT molecular complexity index is 806. The zero-order chi connectivity index (χ0) is 17.3. The first kappa shape index (κ1) is 16.0. The van der Waals surface area contributed by atoms with Gasteiger partial charge in [-0.3, -0.25) is 14.5 Å². The summed E-state index contributed by atoms with van der Waals surface area (Å²) in [5.74, 6) is -0.104. The molecule has 124 valence electrons. The molecule has 1 atom stereocenters. The van der Waals surface area contributed by atoms with Crippen molar-refractivity contribution in [3.8, 4) is 5.75 Å². The molecule has 1 aliphatic rings. The van der Waals surface area contributed by atoms with Gasteiger partial charge in [-0.2, -0.15) is 0 Å². The van der Waals surface area contributed by atoms with Crippen LogP contribution in [-0.4, -0.2) is 29.4 Å². The summed E-state index contributed by atoms with van der Waals surface area (Å²) in [6.45, 7) is 3.79. The Labute approximate surface area is 140 Å². The van der Waals surface area contributed by atoms with Crippen molar-refractivity contribution in [3.63, 3.8) is 0 Å². The fraction of sp³-hybridized carbons (Fsp3) is 0.278. The number of fused-ring (bicyclic) bond motifs is 1. The minimum atomic E-state index is -1.62. The van der Waals surface area contributed by atoms with Crippen LogP contribution in [0.5, 0.6) is 5.75 Å². The molecule has 2 aromatic rings. The van der Waals surface area contributed by atoms with E-state index in [9.17, 15) is 9.59 Å². The van der Waals surface area contributed by atoms with E-state index < -0.39 is 17.4 Å². The monoisotopic (exact) mass is 325 g/mol. The number of anilines is 1. The fourth-order valence-corrected chi connectivity index (χ4v) is 2.69. The van der Waals surface area contributed by atoms with Gasteiger partial charge in [0.05, 0.1) is 0 Å². The van der Waals surface area contributed by atoms with Crippen molar-refractivity contribution in [2.24, 2.45) is 0 Å². The smallest absolute Gasteiger partial charge is 0.281 e. The number of hydrogen-bond acceptors (Lipinski definition) is 4. The molecule has 2 heterocycles. The molecule has 0 spiro atoms. The van der Waals surface area contributed by atoms with Gasteiger partial charge in [-0.25, -0.2) is 4.98 Å². The number of ether oxygens (including phenoxy) is 1. The topological polar surface area (TPSA) is 71.5 Å². The molecule has 6 nitrogen and oxygen atoms in total. The van der Waals surface area contributed by atoms with Gasteiger partial charge in [0.25, 0.3) is 17.4 Å². The molecule has 0 aliphatic carbocycles. The lowest BCUT2D eigenvalue weighted by molar-refractivity contribution is -0.148. The van der Waals surface area contributed by atoms with Crippen LogP contribution in [0.15, 0.2) is 42.6 Å². The Morgan fingerprint density at radius 2 is 2.04 bits per heavy atom. The molecule has 0 fully saturated rings. The van der Waals surface area contributed by atoms with E-state index in [1.807, 2.05) is 31.2 Å². The molecule has 24 heavy (non-hydrogen) atoms. The molecule has 0 saturated carbocycles. The largest absolute Gasteiger partial charge is 0.464 e. The number of aromatic nitrogens is 1. The van der Waals surface area contributed by atoms with Gasteiger partial charge in [0.15, 0.2) is 11.6 Å². The second-order valence-corrected chi connectivity index (χ2v) is 5.93. The van der Waals surface area contributed by atoms with Crippen LogP contribution in [0.2, 0.25) is 0 Å². The van der Waals surface area contributed by atoms with E-state index in [0.717, 1.165) is 11.1 Å². The number of carbonyl (C=O) groups is 2. The second kappa shape index (κ2) is 5.96. The van der Waals surface area contributed by atoms with Gasteiger partial charge in [-0.1, -0.05) is 24.3 Å². The summed E-state index contributed by atoms with van der Waals surface area (Å²) in [6.07, 6.45) is 1.58. The quantitative estimate of drug-likeness (QED) is 0.874. The number of amides is 2. The maximum absolute atomic E-state index is 12.7. The molecule has 0 bridgehead atoms. The minimum absolute atomic E-state index is 0.335. The van der Waals surface area contributed by atoms with Crippen molar-refractivity contribution in [1.29, 1.82) is 0 Å². The van der Waals surface area contributed by atoms with Crippen LogP contribution in [0.25, 0.3) is 0 Å². The molecule has 0 saturated heterocycles. The molecule has 1 N–H and O–H groups in total. The van der Waals surface area contributed by atoms with Crippen LogP contribution in [0.3, 0.4) is 0 Å². The Morgan fingerprint density at radius 1 is 1.29 bits per heavy atom. The van der Waals surface area contributed by atoms with Crippen molar-refractivity contribution in [2.75, 3.05) is 11.9 Å². The van der Waals surface area contributed by atoms with E-state index in [0.29, 0.717) is 18.1 Å². The molecule has 0 unspecified atom stereocenters. The van der Waals surface area contributed by atoms with E-state index in [-0.39, 0.29) is 0 Å². The van der Waals surface area contributed by atoms with Crippen LogP contribution >= 0.6 is 0 Å². The minimum Gasteiger partial charge on any atom is -0.464 e. The Hall–Kier alpha value is -2.89. The summed E-state index contributed by atoms with van der Waals surface area (Å²) < 4.78 is 5.72. The number of rotatable bonds is 3. The number of nitrogens with one attached hydrogen (secondary N) is 1. The number of likely N-dealkylation sites (N-methyl/N-ethyl adjacent to an activating group) is 1. The van der Waals surface area contributed by atoms with Crippen LogP contribution < -0.4 is 15.0 Å². The number of aryl methyl sites for hydroxylation is 1. The predicted octanol–water partition coefficient (Wildman–Crippen LogP) is 1.82. The van der Waals surface area contributed by atoms with Gasteiger partial charge in [-0.15, -0.1) is 0 Å². The summed E-state index contributed by atoms with van der Waals surface area (Å²) in [7, 11) is 1.59. The van der Waals surface area contributed by atoms with Gasteiger partial charge in [0.1, 0.15) is 0 Å². The van der Waals surface area contributed by atoms with Gasteiger partial charge < -0.3 is 10.1 Å². The van der Waals surface area contributed by atoms with Crippen LogP contribution in [0.4, 0.5) is 5.82 Å². The molecule has 1 aromatic carbocycles. The van der Waals surface area contributed by atoms with Crippen molar-refractivity contribution < 1.29 is 14.3 Å². The summed E-state index contributed by atoms with van der Waals surface area (Å²) in [4.78, 5) is 30.8. The number of carbonyl (C=O) groups excluding carboxylic acids is 2. The normalized spacial score (nSPS) is 19.5. The lowest BCUT2D eigenvalue weighted by Gasteiger charge is -2.36. The SMILES string of the molecule is Cc1ccccc1CNC(=O)[C@@]1(C)Oc2cccnc2N(C)C1=O. The van der Waals surface area contributed by atoms with E-state index in [2.05, 4.69) is 10.3 Å². The lowest BCUT2D eigenvalue weighted by atomic mass is 10.0. The summed E-state index contributed by atoms with van der Waals surface area (Å²) in [5, 5.41) is 2.80. The molecule has 1 aromatic heterocycles. The highest BCUT2D eigenvalue weighted by Gasteiger charge is 2.50. The van der Waals surface area contributed by atoms with Gasteiger partial charge in [0, 0.05) is 19.8 Å². The lowest BCUT2D eigenvalue weighted by Crippen LogP contribution is -2.61. The first-order valence-electron chi connectivity index (χ1n) is 7.68. The molecule has 1 aliphatic heterocycles. The summed E-state index contributed by atoms with van der Waals surface area (Å²) >= 11 is 0. The third kappa shape index (κ3) is 2.60. The molecular formula is C18H19N3O3.